The predicted octanol–water partition coefficient (Wildman–Crippen LogP) is 2.10. The molecule has 3 aliphatic heterocycles. The minimum Gasteiger partial charge on any atom is -0.342 e. The van der Waals surface area contributed by atoms with Crippen molar-refractivity contribution in [2.45, 2.75) is 81.8 Å². The molecule has 3 fully saturated rings. The summed E-state index contributed by atoms with van der Waals surface area (Å²) in [5, 5.41) is 0. The second-order valence-electron chi connectivity index (χ2n) is 8.26. The van der Waals surface area contributed by atoms with E-state index in [1.165, 1.54) is 12.1 Å². The molecule has 9 heteroatoms. The van der Waals surface area contributed by atoms with Gasteiger partial charge in [0.1, 0.15) is 24.4 Å². The average Bonchev–Trinajstić information content (AvgIpc) is 3.07. The zero-order chi connectivity index (χ0) is 20.3. The van der Waals surface area contributed by atoms with Gasteiger partial charge in [0.25, 0.3) is 10.1 Å². The van der Waals surface area contributed by atoms with E-state index >= 15 is 0 Å². The number of hydrogen-bond donors (Lipinski definition) is 0. The molecule has 3 saturated heterocycles. The van der Waals surface area contributed by atoms with Crippen LogP contribution in [0.1, 0.15) is 33.3 Å². The molecule has 0 aliphatic carbocycles. The largest absolute Gasteiger partial charge is 0.342 e. The molecule has 0 radical (unpaired) electrons. The highest BCUT2D eigenvalue weighted by Crippen LogP contribution is 2.44. The Morgan fingerprint density at radius 3 is 2.14 bits per heavy atom. The number of hydrogen-bond acceptors (Lipinski definition) is 8. The number of fused-ring (bicyclic) bond motifs is 3. The van der Waals surface area contributed by atoms with Crippen LogP contribution in [0.3, 0.4) is 0 Å². The van der Waals surface area contributed by atoms with Crippen LogP contribution in [0.4, 0.5) is 0 Å². The molecule has 28 heavy (non-hydrogen) atoms. The van der Waals surface area contributed by atoms with Crippen LogP contribution < -0.4 is 0 Å². The van der Waals surface area contributed by atoms with Crippen molar-refractivity contribution in [2.75, 3.05) is 6.61 Å². The molecule has 1 aromatic rings. The SMILES string of the molecule is Cc1ccc(S(=O)(=O)OCC2O[C@@H]3OC(C)(C)OC3C3OC(C)(C)O[C@@H]23)cc1. The minimum atomic E-state index is -3.93. The lowest BCUT2D eigenvalue weighted by Crippen LogP contribution is -2.56. The monoisotopic (exact) mass is 414 g/mol. The summed E-state index contributed by atoms with van der Waals surface area (Å²) in [5.74, 6) is -1.68. The third kappa shape index (κ3) is 3.85. The maximum atomic E-state index is 12.5. The normalized spacial score (nSPS) is 36.1. The average molecular weight is 414 g/mol. The zero-order valence-corrected chi connectivity index (χ0v) is 17.4. The van der Waals surface area contributed by atoms with Gasteiger partial charge in [-0.1, -0.05) is 17.7 Å². The third-order valence-electron chi connectivity index (χ3n) is 4.95. The Morgan fingerprint density at radius 1 is 0.893 bits per heavy atom. The van der Waals surface area contributed by atoms with Crippen molar-refractivity contribution in [1.29, 1.82) is 0 Å². The highest BCUT2D eigenvalue weighted by atomic mass is 32.2. The summed E-state index contributed by atoms with van der Waals surface area (Å²) in [5.41, 5.74) is 0.961. The van der Waals surface area contributed by atoms with Gasteiger partial charge in [0.15, 0.2) is 17.9 Å². The molecule has 0 amide bonds. The standard InChI is InChI=1S/C19H26O8S/c1-11-6-8-12(9-7-11)28(20,21)22-10-13-14-15(25-18(2,3)24-14)16-17(23-13)27-19(4,5)26-16/h6-9,13-17H,10H2,1-5H3/t13?,14-,15?,16?,17+/m0/s1. The molecular weight excluding hydrogens is 388 g/mol. The lowest BCUT2D eigenvalue weighted by molar-refractivity contribution is -0.238. The summed E-state index contributed by atoms with van der Waals surface area (Å²) in [6.07, 6.45) is -2.84. The van der Waals surface area contributed by atoms with E-state index in [2.05, 4.69) is 0 Å². The van der Waals surface area contributed by atoms with Gasteiger partial charge in [-0.05, 0) is 46.8 Å². The molecule has 5 atom stereocenters. The van der Waals surface area contributed by atoms with Crippen molar-refractivity contribution in [2.24, 2.45) is 0 Å². The number of aryl methyl sites for hydroxylation is 1. The summed E-state index contributed by atoms with van der Waals surface area (Å²) in [6, 6.07) is 6.46. The first-order valence-corrected chi connectivity index (χ1v) is 10.7. The highest BCUT2D eigenvalue weighted by molar-refractivity contribution is 7.86. The molecule has 8 nitrogen and oxygen atoms in total. The van der Waals surface area contributed by atoms with Gasteiger partial charge in [-0.15, -0.1) is 0 Å². The Hall–Kier alpha value is -1.07. The first kappa shape index (κ1) is 20.2. The van der Waals surface area contributed by atoms with Gasteiger partial charge in [-0.3, -0.25) is 4.18 Å². The Kier molecular flexibility index (Phi) is 4.86. The van der Waals surface area contributed by atoms with E-state index in [1.807, 2.05) is 6.92 Å². The molecule has 0 spiro atoms. The van der Waals surface area contributed by atoms with Gasteiger partial charge in [-0.25, -0.2) is 0 Å². The van der Waals surface area contributed by atoms with E-state index in [-0.39, 0.29) is 11.5 Å². The van der Waals surface area contributed by atoms with Crippen molar-refractivity contribution in [3.05, 3.63) is 29.8 Å². The summed E-state index contributed by atoms with van der Waals surface area (Å²) < 4.78 is 60.0. The fraction of sp³-hybridized carbons (Fsp3) is 0.684. The molecule has 0 bridgehead atoms. The minimum absolute atomic E-state index is 0.0915. The van der Waals surface area contributed by atoms with Gasteiger partial charge < -0.3 is 23.7 Å². The van der Waals surface area contributed by atoms with E-state index in [1.54, 1.807) is 39.8 Å². The van der Waals surface area contributed by atoms with Gasteiger partial charge in [0.2, 0.25) is 0 Å². The summed E-state index contributed by atoms with van der Waals surface area (Å²) >= 11 is 0. The first-order valence-electron chi connectivity index (χ1n) is 9.29. The lowest BCUT2D eigenvalue weighted by atomic mass is 9.99. The van der Waals surface area contributed by atoms with Gasteiger partial charge in [0.05, 0.1) is 11.5 Å². The molecule has 0 saturated carbocycles. The van der Waals surface area contributed by atoms with Crippen molar-refractivity contribution in [1.82, 2.24) is 0 Å². The lowest BCUT2D eigenvalue weighted by Gasteiger charge is -2.36. The maximum Gasteiger partial charge on any atom is 0.297 e. The molecule has 0 aromatic heterocycles. The molecular formula is C19H26O8S. The van der Waals surface area contributed by atoms with Crippen LogP contribution in [0.15, 0.2) is 29.2 Å². The second kappa shape index (κ2) is 6.73. The Balaban J connectivity index is 1.52. The van der Waals surface area contributed by atoms with E-state index in [9.17, 15) is 8.42 Å². The van der Waals surface area contributed by atoms with Crippen LogP contribution in [0.2, 0.25) is 0 Å². The van der Waals surface area contributed by atoms with Crippen molar-refractivity contribution < 1.29 is 36.3 Å². The topological polar surface area (TPSA) is 89.5 Å². The summed E-state index contributed by atoms with van der Waals surface area (Å²) in [7, 11) is -3.93. The molecule has 3 heterocycles. The Labute approximate surface area is 165 Å². The number of rotatable bonds is 4. The third-order valence-corrected chi connectivity index (χ3v) is 6.24. The molecule has 4 rings (SSSR count). The fourth-order valence-electron chi connectivity index (χ4n) is 3.76. The summed E-state index contributed by atoms with van der Waals surface area (Å²) in [6.45, 7) is 8.83. The van der Waals surface area contributed by atoms with Gasteiger partial charge in [0, 0.05) is 0 Å². The predicted molar refractivity (Wildman–Crippen MR) is 96.8 cm³/mol. The quantitative estimate of drug-likeness (QED) is 0.692. The van der Waals surface area contributed by atoms with Crippen LogP contribution in [-0.2, 0) is 38.0 Å². The number of benzene rings is 1. The Morgan fingerprint density at radius 2 is 1.46 bits per heavy atom. The van der Waals surface area contributed by atoms with E-state index in [0.717, 1.165) is 5.56 Å². The summed E-state index contributed by atoms with van der Waals surface area (Å²) in [4.78, 5) is 0.0915. The van der Waals surface area contributed by atoms with Crippen LogP contribution in [-0.4, -0.2) is 57.3 Å². The van der Waals surface area contributed by atoms with Crippen LogP contribution in [0, 0.1) is 6.92 Å². The van der Waals surface area contributed by atoms with Gasteiger partial charge >= 0.3 is 0 Å². The highest BCUT2D eigenvalue weighted by Gasteiger charge is 2.60. The van der Waals surface area contributed by atoms with Crippen LogP contribution in [0.25, 0.3) is 0 Å². The van der Waals surface area contributed by atoms with Crippen LogP contribution in [0.5, 0.6) is 0 Å². The van der Waals surface area contributed by atoms with E-state index in [4.69, 9.17) is 27.9 Å². The van der Waals surface area contributed by atoms with Crippen molar-refractivity contribution >= 4 is 10.1 Å². The molecule has 0 N–H and O–H groups in total. The van der Waals surface area contributed by atoms with Gasteiger partial charge in [-0.2, -0.15) is 8.42 Å². The van der Waals surface area contributed by atoms with Crippen molar-refractivity contribution in [3.63, 3.8) is 0 Å². The van der Waals surface area contributed by atoms with E-state index in [0.29, 0.717) is 0 Å². The Bertz CT molecular complexity index is 832. The maximum absolute atomic E-state index is 12.5. The van der Waals surface area contributed by atoms with E-state index < -0.39 is 52.4 Å². The fourth-order valence-corrected chi connectivity index (χ4v) is 4.68. The zero-order valence-electron chi connectivity index (χ0n) is 16.6. The van der Waals surface area contributed by atoms with Crippen LogP contribution >= 0.6 is 0 Å². The molecule has 3 unspecified atom stereocenters. The molecule has 1 aromatic carbocycles. The molecule has 156 valence electrons. The first-order chi connectivity index (χ1) is 13.0. The smallest absolute Gasteiger partial charge is 0.297 e. The number of ether oxygens (including phenoxy) is 5. The van der Waals surface area contributed by atoms with Crippen molar-refractivity contribution in [3.8, 4) is 0 Å². The molecule has 3 aliphatic rings. The second-order valence-corrected chi connectivity index (χ2v) is 9.87.